The van der Waals surface area contributed by atoms with Crippen LogP contribution >= 0.6 is 11.6 Å². The molecule has 1 rings (SSSR count). The predicted molar refractivity (Wildman–Crippen MR) is 80.0 cm³/mol. The van der Waals surface area contributed by atoms with Gasteiger partial charge in [0.25, 0.3) is 0 Å². The van der Waals surface area contributed by atoms with Crippen LogP contribution in [-0.4, -0.2) is 28.5 Å². The van der Waals surface area contributed by atoms with Crippen molar-refractivity contribution in [1.82, 2.24) is 9.97 Å². The molecule has 0 amide bonds. The number of nitrogens with zero attached hydrogens (tertiary/aromatic N) is 2. The highest BCUT2D eigenvalue weighted by molar-refractivity contribution is 6.17. The van der Waals surface area contributed by atoms with Crippen molar-refractivity contribution in [3.05, 3.63) is 12.4 Å². The average Bonchev–Trinajstić information content (AvgIpc) is 2.35. The maximum atomic E-state index is 5.87. The Morgan fingerprint density at radius 1 is 1.37 bits per heavy atom. The molecule has 1 atom stereocenters. The summed E-state index contributed by atoms with van der Waals surface area (Å²) in [4.78, 5) is 8.33. The molecule has 0 spiro atoms. The average molecular weight is 286 g/mol. The van der Waals surface area contributed by atoms with Crippen molar-refractivity contribution in [3.8, 4) is 5.88 Å². The molecule has 1 heterocycles. The Morgan fingerprint density at radius 3 is 2.68 bits per heavy atom. The van der Waals surface area contributed by atoms with Gasteiger partial charge in [-0.05, 0) is 18.3 Å². The summed E-state index contributed by atoms with van der Waals surface area (Å²) in [6.45, 7) is 9.30. The minimum atomic E-state index is 0.115. The molecule has 0 aromatic carbocycles. The first-order valence-corrected chi connectivity index (χ1v) is 7.28. The normalized spacial score (nSPS) is 13.1. The van der Waals surface area contributed by atoms with Crippen LogP contribution in [-0.2, 0) is 0 Å². The zero-order valence-corrected chi connectivity index (χ0v) is 13.0. The summed E-state index contributed by atoms with van der Waals surface area (Å²) in [7, 11) is 0. The van der Waals surface area contributed by atoms with Crippen LogP contribution in [0.2, 0.25) is 0 Å². The van der Waals surface area contributed by atoms with Crippen LogP contribution in [0.15, 0.2) is 12.4 Å². The van der Waals surface area contributed by atoms with E-state index < -0.39 is 0 Å². The summed E-state index contributed by atoms with van der Waals surface area (Å²) in [5.74, 6) is 2.02. The quantitative estimate of drug-likeness (QED) is 0.776. The van der Waals surface area contributed by atoms with E-state index in [0.717, 1.165) is 18.7 Å². The lowest BCUT2D eigenvalue weighted by Crippen LogP contribution is -2.34. The standard InChI is InChI=1S/C14H24ClN3O/c1-5-8-19-13-9-12(16-10-17-13)18-11(6-7-15)14(2,3)4/h9-11H,5-8H2,1-4H3,(H,16,17,18). The lowest BCUT2D eigenvalue weighted by Gasteiger charge is -2.31. The molecule has 0 aliphatic rings. The minimum absolute atomic E-state index is 0.115. The summed E-state index contributed by atoms with van der Waals surface area (Å²) in [5.41, 5.74) is 0.115. The fourth-order valence-electron chi connectivity index (χ4n) is 1.71. The smallest absolute Gasteiger partial charge is 0.218 e. The molecule has 19 heavy (non-hydrogen) atoms. The molecule has 0 saturated heterocycles. The largest absolute Gasteiger partial charge is 0.478 e. The molecule has 1 unspecified atom stereocenters. The second-order valence-electron chi connectivity index (χ2n) is 5.63. The summed E-state index contributed by atoms with van der Waals surface area (Å²) in [6.07, 6.45) is 3.37. The van der Waals surface area contributed by atoms with Gasteiger partial charge in [-0.25, -0.2) is 9.97 Å². The van der Waals surface area contributed by atoms with E-state index in [1.807, 2.05) is 6.07 Å². The van der Waals surface area contributed by atoms with Gasteiger partial charge in [0.05, 0.1) is 6.61 Å². The second-order valence-corrected chi connectivity index (χ2v) is 6.01. The molecule has 0 radical (unpaired) electrons. The van der Waals surface area contributed by atoms with E-state index >= 15 is 0 Å². The fraction of sp³-hybridized carbons (Fsp3) is 0.714. The molecule has 0 bridgehead atoms. The molecule has 0 fully saturated rings. The topological polar surface area (TPSA) is 47.0 Å². The van der Waals surface area contributed by atoms with E-state index in [1.165, 1.54) is 6.33 Å². The second kappa shape index (κ2) is 7.53. The molecule has 1 N–H and O–H groups in total. The number of alkyl halides is 1. The third-order valence-corrected chi connectivity index (χ3v) is 3.08. The van der Waals surface area contributed by atoms with Gasteiger partial charge in [-0.15, -0.1) is 11.6 Å². The van der Waals surface area contributed by atoms with Crippen molar-refractivity contribution in [2.75, 3.05) is 17.8 Å². The Kier molecular flexibility index (Phi) is 6.35. The van der Waals surface area contributed by atoms with E-state index in [2.05, 4.69) is 43.0 Å². The minimum Gasteiger partial charge on any atom is -0.478 e. The van der Waals surface area contributed by atoms with Gasteiger partial charge in [-0.2, -0.15) is 0 Å². The van der Waals surface area contributed by atoms with Gasteiger partial charge >= 0.3 is 0 Å². The molecular formula is C14H24ClN3O. The number of nitrogens with one attached hydrogen (secondary N) is 1. The van der Waals surface area contributed by atoms with Gasteiger partial charge in [0.1, 0.15) is 12.1 Å². The summed E-state index contributed by atoms with van der Waals surface area (Å²) < 4.78 is 5.51. The number of anilines is 1. The highest BCUT2D eigenvalue weighted by Gasteiger charge is 2.24. The van der Waals surface area contributed by atoms with Gasteiger partial charge in [-0.1, -0.05) is 27.7 Å². The first kappa shape index (κ1) is 16.0. The van der Waals surface area contributed by atoms with Crippen molar-refractivity contribution < 1.29 is 4.74 Å². The molecule has 5 heteroatoms. The number of ether oxygens (including phenoxy) is 1. The van der Waals surface area contributed by atoms with Crippen LogP contribution in [0.25, 0.3) is 0 Å². The number of hydrogen-bond acceptors (Lipinski definition) is 4. The van der Waals surface area contributed by atoms with Crippen LogP contribution in [0.1, 0.15) is 40.5 Å². The van der Waals surface area contributed by atoms with Gasteiger partial charge in [0, 0.05) is 18.0 Å². The number of hydrogen-bond donors (Lipinski definition) is 1. The first-order valence-electron chi connectivity index (χ1n) is 6.74. The van der Waals surface area contributed by atoms with Gasteiger partial charge in [-0.3, -0.25) is 0 Å². The molecule has 0 saturated carbocycles. The maximum absolute atomic E-state index is 5.87. The van der Waals surface area contributed by atoms with E-state index in [0.29, 0.717) is 18.4 Å². The summed E-state index contributed by atoms with van der Waals surface area (Å²) >= 11 is 5.87. The maximum Gasteiger partial charge on any atom is 0.218 e. The summed E-state index contributed by atoms with van der Waals surface area (Å²) in [6, 6.07) is 2.10. The van der Waals surface area contributed by atoms with E-state index in [1.54, 1.807) is 0 Å². The summed E-state index contributed by atoms with van der Waals surface area (Å²) in [5, 5.41) is 3.42. The molecule has 0 aliphatic heterocycles. The lowest BCUT2D eigenvalue weighted by molar-refractivity contribution is 0.304. The van der Waals surface area contributed by atoms with Crippen molar-refractivity contribution >= 4 is 17.4 Å². The number of aromatic nitrogens is 2. The number of halogens is 1. The highest BCUT2D eigenvalue weighted by atomic mass is 35.5. The Hall–Kier alpha value is -1.03. The number of rotatable bonds is 7. The molecule has 1 aromatic heterocycles. The molecule has 0 aliphatic carbocycles. The van der Waals surface area contributed by atoms with Crippen LogP contribution in [0.4, 0.5) is 5.82 Å². The first-order chi connectivity index (χ1) is 8.97. The molecule has 108 valence electrons. The van der Waals surface area contributed by atoms with Crippen LogP contribution in [0.5, 0.6) is 5.88 Å². The molecular weight excluding hydrogens is 262 g/mol. The van der Waals surface area contributed by atoms with Crippen molar-refractivity contribution in [2.24, 2.45) is 5.41 Å². The van der Waals surface area contributed by atoms with E-state index in [-0.39, 0.29) is 11.5 Å². The Bertz CT molecular complexity index is 379. The van der Waals surface area contributed by atoms with Crippen molar-refractivity contribution in [1.29, 1.82) is 0 Å². The highest BCUT2D eigenvalue weighted by Crippen LogP contribution is 2.26. The van der Waals surface area contributed by atoms with Crippen LogP contribution < -0.4 is 10.1 Å². The lowest BCUT2D eigenvalue weighted by atomic mass is 9.85. The van der Waals surface area contributed by atoms with E-state index in [9.17, 15) is 0 Å². The molecule has 4 nitrogen and oxygen atoms in total. The van der Waals surface area contributed by atoms with Crippen LogP contribution in [0.3, 0.4) is 0 Å². The third-order valence-electron chi connectivity index (χ3n) is 2.86. The zero-order chi connectivity index (χ0) is 14.3. The Balaban J connectivity index is 2.73. The monoisotopic (exact) mass is 285 g/mol. The van der Waals surface area contributed by atoms with Crippen molar-refractivity contribution in [3.63, 3.8) is 0 Å². The Labute approximate surface area is 120 Å². The van der Waals surface area contributed by atoms with Gasteiger partial charge in [0.15, 0.2) is 0 Å². The predicted octanol–water partition coefficient (Wildman–Crippen LogP) is 3.72. The molecule has 1 aromatic rings. The van der Waals surface area contributed by atoms with Gasteiger partial charge in [0.2, 0.25) is 5.88 Å². The van der Waals surface area contributed by atoms with Crippen LogP contribution in [0, 0.1) is 5.41 Å². The van der Waals surface area contributed by atoms with Gasteiger partial charge < -0.3 is 10.1 Å². The zero-order valence-electron chi connectivity index (χ0n) is 12.2. The van der Waals surface area contributed by atoms with E-state index in [4.69, 9.17) is 16.3 Å². The Morgan fingerprint density at radius 2 is 2.11 bits per heavy atom. The third kappa shape index (κ3) is 5.64. The fourth-order valence-corrected chi connectivity index (χ4v) is 1.93. The SMILES string of the molecule is CCCOc1cc(NC(CCCl)C(C)(C)C)ncn1. The van der Waals surface area contributed by atoms with Crippen molar-refractivity contribution in [2.45, 2.75) is 46.6 Å².